The molecule has 1 aliphatic rings. The first-order valence-electron chi connectivity index (χ1n) is 9.42. The van der Waals surface area contributed by atoms with Crippen molar-refractivity contribution in [2.24, 2.45) is 0 Å². The predicted octanol–water partition coefficient (Wildman–Crippen LogP) is 2.87. The molecule has 4 rings (SSSR count). The van der Waals surface area contributed by atoms with Gasteiger partial charge in [-0.25, -0.2) is 9.78 Å². The van der Waals surface area contributed by atoms with Crippen molar-refractivity contribution in [3.63, 3.8) is 0 Å². The summed E-state index contributed by atoms with van der Waals surface area (Å²) in [6, 6.07) is 15.0. The number of ether oxygens (including phenoxy) is 1. The van der Waals surface area contributed by atoms with Crippen LogP contribution in [0, 0.1) is 0 Å². The Kier molecular flexibility index (Phi) is 4.97. The average Bonchev–Trinajstić information content (AvgIpc) is 2.74. The topological polar surface area (TPSA) is 78.5 Å². The minimum Gasteiger partial charge on any atom is -0.450 e. The number of nitrogens with zero attached hydrogens (tertiary/aromatic N) is 3. The second-order valence-electron chi connectivity index (χ2n) is 6.65. The molecule has 2 aromatic heterocycles. The quantitative estimate of drug-likeness (QED) is 0.758. The summed E-state index contributed by atoms with van der Waals surface area (Å²) in [4.78, 5) is 36.2. The monoisotopic (exact) mass is 378 g/mol. The first-order valence-corrected chi connectivity index (χ1v) is 9.42. The number of benzene rings is 1. The molecule has 0 bridgehead atoms. The Bertz CT molecular complexity index is 1040. The van der Waals surface area contributed by atoms with Crippen molar-refractivity contribution < 1.29 is 9.53 Å². The molecule has 28 heavy (non-hydrogen) atoms. The molecule has 7 nitrogen and oxygen atoms in total. The number of hydrogen-bond donors (Lipinski definition) is 1. The van der Waals surface area contributed by atoms with Crippen LogP contribution in [0.15, 0.2) is 53.3 Å². The zero-order valence-corrected chi connectivity index (χ0v) is 15.7. The number of H-pyrrole nitrogens is 1. The van der Waals surface area contributed by atoms with E-state index in [1.54, 1.807) is 17.9 Å². The van der Waals surface area contributed by atoms with E-state index in [4.69, 9.17) is 4.74 Å². The highest BCUT2D eigenvalue weighted by atomic mass is 16.6. The number of fused-ring (bicyclic) bond motifs is 1. The van der Waals surface area contributed by atoms with Gasteiger partial charge in [-0.05, 0) is 24.6 Å². The lowest BCUT2D eigenvalue weighted by atomic mass is 10.1. The Labute approximate surface area is 162 Å². The molecular weight excluding hydrogens is 356 g/mol. The molecule has 7 heteroatoms. The number of rotatable bonds is 3. The number of piperazine rings is 1. The van der Waals surface area contributed by atoms with Gasteiger partial charge in [-0.1, -0.05) is 30.3 Å². The van der Waals surface area contributed by atoms with E-state index >= 15 is 0 Å². The summed E-state index contributed by atoms with van der Waals surface area (Å²) in [6.07, 6.45) is -0.273. The lowest BCUT2D eigenvalue weighted by Crippen LogP contribution is -2.49. The summed E-state index contributed by atoms with van der Waals surface area (Å²) in [5, 5.41) is 0.564. The molecule has 1 N–H and O–H groups in total. The van der Waals surface area contributed by atoms with Crippen molar-refractivity contribution in [1.82, 2.24) is 14.9 Å². The van der Waals surface area contributed by atoms with E-state index in [2.05, 4.69) is 14.9 Å². The summed E-state index contributed by atoms with van der Waals surface area (Å²) in [6.45, 7) is 4.68. The first kappa shape index (κ1) is 18.0. The zero-order valence-electron chi connectivity index (χ0n) is 15.7. The molecule has 1 fully saturated rings. The van der Waals surface area contributed by atoms with Gasteiger partial charge < -0.3 is 19.5 Å². The minimum absolute atomic E-state index is 0.0567. The highest BCUT2D eigenvalue weighted by molar-refractivity contribution is 5.80. The first-order chi connectivity index (χ1) is 13.7. The van der Waals surface area contributed by atoms with Crippen LogP contribution in [0.4, 0.5) is 10.6 Å². The van der Waals surface area contributed by atoms with Crippen LogP contribution in [0.3, 0.4) is 0 Å². The van der Waals surface area contributed by atoms with Gasteiger partial charge in [-0.3, -0.25) is 4.79 Å². The maximum atomic E-state index is 12.5. The van der Waals surface area contributed by atoms with Gasteiger partial charge in [0.2, 0.25) is 0 Å². The van der Waals surface area contributed by atoms with Crippen molar-refractivity contribution >= 4 is 22.9 Å². The Balaban J connectivity index is 1.59. The third kappa shape index (κ3) is 3.55. The van der Waals surface area contributed by atoms with Crippen LogP contribution in [0.25, 0.3) is 22.3 Å². The molecule has 144 valence electrons. The van der Waals surface area contributed by atoms with Crippen LogP contribution < -0.4 is 10.3 Å². The molecule has 0 saturated carbocycles. The number of anilines is 1. The predicted molar refractivity (Wildman–Crippen MR) is 109 cm³/mol. The zero-order chi connectivity index (χ0) is 19.5. The average molecular weight is 378 g/mol. The molecule has 3 aromatic rings. The number of carbonyl (C=O) groups is 1. The third-order valence-electron chi connectivity index (χ3n) is 4.89. The van der Waals surface area contributed by atoms with Crippen molar-refractivity contribution in [1.29, 1.82) is 0 Å². The summed E-state index contributed by atoms with van der Waals surface area (Å²) in [5.74, 6) is 0.789. The number of pyridine rings is 2. The highest BCUT2D eigenvalue weighted by Gasteiger charge is 2.23. The van der Waals surface area contributed by atoms with E-state index in [1.807, 2.05) is 42.5 Å². The molecule has 1 aliphatic heterocycles. The third-order valence-corrected chi connectivity index (χ3v) is 4.89. The number of hydrogen-bond acceptors (Lipinski definition) is 5. The molecule has 1 amide bonds. The van der Waals surface area contributed by atoms with E-state index in [0.29, 0.717) is 43.8 Å². The normalized spacial score (nSPS) is 14.3. The Morgan fingerprint density at radius 3 is 2.57 bits per heavy atom. The van der Waals surface area contributed by atoms with Gasteiger partial charge in [0.1, 0.15) is 11.5 Å². The number of carbonyl (C=O) groups excluding carboxylic acids is 1. The maximum absolute atomic E-state index is 12.5. The molecule has 0 atom stereocenters. The van der Waals surface area contributed by atoms with E-state index in [0.717, 1.165) is 17.1 Å². The molecule has 1 saturated heterocycles. The maximum Gasteiger partial charge on any atom is 0.409 e. The Hall–Kier alpha value is -3.35. The van der Waals surface area contributed by atoms with Gasteiger partial charge in [0.25, 0.3) is 0 Å². The van der Waals surface area contributed by atoms with Crippen LogP contribution in [-0.4, -0.2) is 53.7 Å². The van der Waals surface area contributed by atoms with Gasteiger partial charge in [0, 0.05) is 32.2 Å². The van der Waals surface area contributed by atoms with Gasteiger partial charge >= 0.3 is 6.09 Å². The van der Waals surface area contributed by atoms with Crippen molar-refractivity contribution in [2.75, 3.05) is 37.7 Å². The van der Waals surface area contributed by atoms with Crippen LogP contribution in [0.5, 0.6) is 0 Å². The minimum atomic E-state index is -0.273. The highest BCUT2D eigenvalue weighted by Crippen LogP contribution is 2.20. The van der Waals surface area contributed by atoms with Gasteiger partial charge in [-0.15, -0.1) is 0 Å². The van der Waals surface area contributed by atoms with Crippen molar-refractivity contribution in [3.05, 3.63) is 58.8 Å². The number of amides is 1. The van der Waals surface area contributed by atoms with Crippen molar-refractivity contribution in [3.8, 4) is 11.3 Å². The lowest BCUT2D eigenvalue weighted by molar-refractivity contribution is 0.105. The summed E-state index contributed by atoms with van der Waals surface area (Å²) in [5.41, 5.74) is 2.20. The molecule has 1 aromatic carbocycles. The van der Waals surface area contributed by atoms with E-state index in [1.165, 1.54) is 0 Å². The van der Waals surface area contributed by atoms with Gasteiger partial charge in [0.15, 0.2) is 5.43 Å². The summed E-state index contributed by atoms with van der Waals surface area (Å²) in [7, 11) is 0. The van der Waals surface area contributed by atoms with Gasteiger partial charge in [-0.2, -0.15) is 0 Å². The molecule has 0 aliphatic carbocycles. The van der Waals surface area contributed by atoms with Crippen LogP contribution in [-0.2, 0) is 4.74 Å². The molecule has 0 unspecified atom stereocenters. The molecule has 0 radical (unpaired) electrons. The van der Waals surface area contributed by atoms with Gasteiger partial charge in [0.05, 0.1) is 17.7 Å². The fourth-order valence-corrected chi connectivity index (χ4v) is 3.40. The fourth-order valence-electron chi connectivity index (χ4n) is 3.40. The number of aromatic nitrogens is 2. The second kappa shape index (κ2) is 7.72. The Morgan fingerprint density at radius 1 is 1.11 bits per heavy atom. The van der Waals surface area contributed by atoms with Crippen molar-refractivity contribution in [2.45, 2.75) is 6.92 Å². The SMILES string of the molecule is CCOC(=O)N1CCN(c2ccc3c(=O)cc(-c4ccccc4)[nH]c3n2)CC1. The number of nitrogens with one attached hydrogen (secondary N) is 1. The number of aromatic amines is 1. The molecular formula is C21H22N4O3. The van der Waals surface area contributed by atoms with Crippen LogP contribution in [0.2, 0.25) is 0 Å². The van der Waals surface area contributed by atoms with Crippen LogP contribution in [0.1, 0.15) is 6.92 Å². The summed E-state index contributed by atoms with van der Waals surface area (Å²) < 4.78 is 5.06. The standard InChI is InChI=1S/C21H22N4O3/c1-2-28-21(27)25-12-10-24(11-13-25)19-9-8-16-18(26)14-17(22-20(16)23-19)15-6-4-3-5-7-15/h3-9,14H,2,10-13H2,1H3,(H,22,23,26). The van der Waals surface area contributed by atoms with E-state index in [9.17, 15) is 9.59 Å². The molecule has 3 heterocycles. The molecule has 0 spiro atoms. The fraction of sp³-hybridized carbons (Fsp3) is 0.286. The largest absolute Gasteiger partial charge is 0.450 e. The van der Waals surface area contributed by atoms with Crippen LogP contribution >= 0.6 is 0 Å². The smallest absolute Gasteiger partial charge is 0.409 e. The van der Waals surface area contributed by atoms with E-state index < -0.39 is 0 Å². The summed E-state index contributed by atoms with van der Waals surface area (Å²) >= 11 is 0. The van der Waals surface area contributed by atoms with E-state index in [-0.39, 0.29) is 11.5 Å². The lowest BCUT2D eigenvalue weighted by Gasteiger charge is -2.34. The Morgan fingerprint density at radius 2 is 1.86 bits per heavy atom. The second-order valence-corrected chi connectivity index (χ2v) is 6.65.